The minimum absolute atomic E-state index is 0.252. The van der Waals surface area contributed by atoms with Crippen LogP contribution in [0.5, 0.6) is 17.2 Å². The van der Waals surface area contributed by atoms with Crippen molar-refractivity contribution in [2.45, 2.75) is 51.9 Å². The Balaban J connectivity index is 1.57. The Morgan fingerprint density at radius 2 is 1.78 bits per heavy atom. The van der Waals surface area contributed by atoms with Gasteiger partial charge in [-0.2, -0.15) is 4.98 Å². The van der Waals surface area contributed by atoms with Crippen LogP contribution in [0.1, 0.15) is 51.3 Å². The summed E-state index contributed by atoms with van der Waals surface area (Å²) in [5.41, 5.74) is 3.32. The summed E-state index contributed by atoms with van der Waals surface area (Å²) in [5, 5.41) is 12.5. The number of fused-ring (bicyclic) bond motifs is 1. The molecule has 1 aliphatic heterocycles. The molecule has 0 saturated carbocycles. The Hall–Kier alpha value is -3.67. The van der Waals surface area contributed by atoms with E-state index >= 15 is 0 Å². The van der Waals surface area contributed by atoms with Gasteiger partial charge in [0, 0.05) is 22.0 Å². The van der Waals surface area contributed by atoms with Gasteiger partial charge in [-0.05, 0) is 79.0 Å². The lowest BCUT2D eigenvalue weighted by Gasteiger charge is -2.29. The zero-order valence-corrected chi connectivity index (χ0v) is 28.7. The molecular formula is C33H35BrClN5O4S. The van der Waals surface area contributed by atoms with Gasteiger partial charge < -0.3 is 24.8 Å². The molecule has 9 nitrogen and oxygen atoms in total. The third kappa shape index (κ3) is 7.43. The van der Waals surface area contributed by atoms with Crippen LogP contribution in [0.15, 0.2) is 81.6 Å². The second kappa shape index (κ2) is 15.1. The number of allylic oxidation sites excluding steroid dienone is 1. The first-order valence-electron chi connectivity index (χ1n) is 14.8. The molecule has 0 radical (unpaired) electrons. The number of hydrogen-bond donors (Lipinski definition) is 2. The van der Waals surface area contributed by atoms with Crippen LogP contribution in [0.2, 0.25) is 5.02 Å². The molecule has 45 heavy (non-hydrogen) atoms. The van der Waals surface area contributed by atoms with Gasteiger partial charge in [-0.3, -0.25) is 4.79 Å². The molecular weight excluding hydrogens is 678 g/mol. The number of anilines is 2. The number of nitrogens with one attached hydrogen (secondary N) is 2. The van der Waals surface area contributed by atoms with Gasteiger partial charge in [-0.1, -0.05) is 60.6 Å². The number of carbonyl (C=O) groups is 1. The molecule has 236 valence electrons. The molecule has 0 aliphatic carbocycles. The average Bonchev–Trinajstić information content (AvgIpc) is 3.43. The molecule has 4 aromatic rings. The minimum atomic E-state index is -0.628. The van der Waals surface area contributed by atoms with E-state index in [1.54, 1.807) is 16.4 Å². The molecule has 0 fully saturated rings. The van der Waals surface area contributed by atoms with E-state index in [0.29, 0.717) is 68.0 Å². The van der Waals surface area contributed by atoms with Crippen molar-refractivity contribution in [1.29, 1.82) is 0 Å². The summed E-state index contributed by atoms with van der Waals surface area (Å²) < 4.78 is 20.5. The number of thioether (sulfide) groups is 1. The molecule has 1 aliphatic rings. The number of halogens is 2. The summed E-state index contributed by atoms with van der Waals surface area (Å²) >= 11 is 11.7. The number of nitrogens with zero attached hydrogens (tertiary/aromatic N) is 3. The molecule has 1 unspecified atom stereocenters. The summed E-state index contributed by atoms with van der Waals surface area (Å²) in [5.74, 6) is 2.77. The molecule has 1 amide bonds. The van der Waals surface area contributed by atoms with E-state index in [4.69, 9.17) is 35.9 Å². The first-order chi connectivity index (χ1) is 21.8. The topological polar surface area (TPSA) is 99.5 Å². The fourth-order valence-electron chi connectivity index (χ4n) is 4.94. The third-order valence-corrected chi connectivity index (χ3v) is 8.93. The lowest BCUT2D eigenvalue weighted by atomic mass is 9.94. The summed E-state index contributed by atoms with van der Waals surface area (Å²) in [4.78, 5) is 18.9. The van der Waals surface area contributed by atoms with Crippen molar-refractivity contribution in [2.24, 2.45) is 0 Å². The Kier molecular flexibility index (Phi) is 11.0. The van der Waals surface area contributed by atoms with Crippen LogP contribution >= 0.6 is 39.3 Å². The van der Waals surface area contributed by atoms with Gasteiger partial charge in [0.25, 0.3) is 5.91 Å². The van der Waals surface area contributed by atoms with E-state index < -0.39 is 6.04 Å². The van der Waals surface area contributed by atoms with Crippen LogP contribution in [0, 0.1) is 0 Å². The molecule has 12 heteroatoms. The monoisotopic (exact) mass is 711 g/mol. The lowest BCUT2D eigenvalue weighted by molar-refractivity contribution is -0.113. The summed E-state index contributed by atoms with van der Waals surface area (Å²) in [7, 11) is 0. The van der Waals surface area contributed by atoms with Gasteiger partial charge in [0.1, 0.15) is 18.4 Å². The zero-order chi connectivity index (χ0) is 31.9. The molecule has 5 rings (SSSR count). The molecule has 1 atom stereocenters. The van der Waals surface area contributed by atoms with E-state index in [-0.39, 0.29) is 12.5 Å². The highest BCUT2D eigenvalue weighted by Crippen LogP contribution is 2.44. The zero-order valence-electron chi connectivity index (χ0n) is 25.5. The number of rotatable bonds is 13. The normalized spacial score (nSPS) is 14.0. The fraction of sp³-hybridized carbons (Fsp3) is 0.303. The highest BCUT2D eigenvalue weighted by Gasteiger charge is 2.36. The Morgan fingerprint density at radius 3 is 2.53 bits per heavy atom. The molecule has 3 aromatic carbocycles. The molecule has 2 heterocycles. The highest BCUT2D eigenvalue weighted by atomic mass is 79.9. The molecule has 1 aromatic heterocycles. The largest absolute Gasteiger partial charge is 0.492 e. The number of para-hydroxylation sites is 2. The first-order valence-corrected chi connectivity index (χ1v) is 16.9. The van der Waals surface area contributed by atoms with Gasteiger partial charge in [0.05, 0.1) is 28.9 Å². The summed E-state index contributed by atoms with van der Waals surface area (Å²) in [6.07, 6.45) is 0.982. The van der Waals surface area contributed by atoms with Gasteiger partial charge in [0.15, 0.2) is 11.5 Å². The van der Waals surface area contributed by atoms with E-state index in [1.165, 1.54) is 0 Å². The molecule has 0 bridgehead atoms. The van der Waals surface area contributed by atoms with Gasteiger partial charge >= 0.3 is 0 Å². The fourth-order valence-corrected chi connectivity index (χ4v) is 6.39. The van der Waals surface area contributed by atoms with Crippen LogP contribution < -0.4 is 24.8 Å². The van der Waals surface area contributed by atoms with E-state index in [9.17, 15) is 4.79 Å². The standard InChI is InChI=1S/C33H35BrClN5O4S/c1-5-16-45-33-38-32-36-20(4)28(31(41)37-25-14-10-11-15-26(25)42-6-2)29(40(32)39-33)22-17-23(34)30(27(18-22)43-7-3)44-19-21-12-8-9-13-24(21)35/h8-15,17-18,29H,5-7,16,19H2,1-4H3,(H,37,41)(H,36,38,39). The van der Waals surface area contributed by atoms with Crippen molar-refractivity contribution in [2.75, 3.05) is 29.6 Å². The second-order valence-electron chi connectivity index (χ2n) is 10.1. The van der Waals surface area contributed by atoms with Gasteiger partial charge in [-0.25, -0.2) is 4.68 Å². The van der Waals surface area contributed by atoms with E-state index in [0.717, 1.165) is 23.3 Å². The van der Waals surface area contributed by atoms with Crippen molar-refractivity contribution >= 4 is 56.8 Å². The number of amides is 1. The van der Waals surface area contributed by atoms with Crippen LogP contribution in [0.3, 0.4) is 0 Å². The van der Waals surface area contributed by atoms with Crippen LogP contribution in [0.4, 0.5) is 11.6 Å². The molecule has 2 N–H and O–H groups in total. The Bertz CT molecular complexity index is 1710. The van der Waals surface area contributed by atoms with Crippen LogP contribution in [-0.2, 0) is 11.4 Å². The lowest BCUT2D eigenvalue weighted by Crippen LogP contribution is -2.31. The number of hydrogen-bond acceptors (Lipinski definition) is 8. The van der Waals surface area contributed by atoms with Crippen molar-refractivity contribution in [1.82, 2.24) is 14.8 Å². The predicted octanol–water partition coefficient (Wildman–Crippen LogP) is 8.50. The van der Waals surface area contributed by atoms with Crippen LogP contribution in [-0.4, -0.2) is 39.6 Å². The molecule has 0 spiro atoms. The molecule has 0 saturated heterocycles. The smallest absolute Gasteiger partial charge is 0.255 e. The van der Waals surface area contributed by atoms with Gasteiger partial charge in [-0.15, -0.1) is 5.10 Å². The second-order valence-corrected chi connectivity index (χ2v) is 12.4. The van der Waals surface area contributed by atoms with Crippen molar-refractivity contribution in [3.05, 3.63) is 92.6 Å². The minimum Gasteiger partial charge on any atom is -0.492 e. The Labute approximate surface area is 280 Å². The quantitative estimate of drug-likeness (QED) is 0.133. The number of benzene rings is 3. The van der Waals surface area contributed by atoms with Crippen molar-refractivity contribution in [3.63, 3.8) is 0 Å². The van der Waals surface area contributed by atoms with E-state index in [2.05, 4.69) is 33.5 Å². The summed E-state index contributed by atoms with van der Waals surface area (Å²) in [6.45, 7) is 8.93. The maximum atomic E-state index is 14.1. The number of carbonyl (C=O) groups excluding carboxylic acids is 1. The third-order valence-electron chi connectivity index (χ3n) is 6.93. The number of ether oxygens (including phenoxy) is 3. The first kappa shape index (κ1) is 32.7. The average molecular weight is 713 g/mol. The van der Waals surface area contributed by atoms with Gasteiger partial charge in [0.2, 0.25) is 11.1 Å². The van der Waals surface area contributed by atoms with Crippen molar-refractivity contribution in [3.8, 4) is 17.2 Å². The summed E-state index contributed by atoms with van der Waals surface area (Å²) in [6, 6.07) is 18.1. The van der Waals surface area contributed by atoms with Crippen molar-refractivity contribution < 1.29 is 19.0 Å². The van der Waals surface area contributed by atoms with Crippen LogP contribution in [0.25, 0.3) is 0 Å². The van der Waals surface area contributed by atoms with E-state index in [1.807, 2.05) is 81.4 Å². The highest BCUT2D eigenvalue weighted by molar-refractivity contribution is 9.10. The predicted molar refractivity (Wildman–Crippen MR) is 183 cm³/mol. The maximum Gasteiger partial charge on any atom is 0.255 e. The SMILES string of the molecule is CCCSc1nc2n(n1)C(c1cc(Br)c(OCc3ccccc3Cl)c(OCC)c1)C(C(=O)Nc1ccccc1OCC)=C(C)N2. The Morgan fingerprint density at radius 1 is 1.04 bits per heavy atom. The number of aromatic nitrogens is 3. The maximum absolute atomic E-state index is 14.1.